The van der Waals surface area contributed by atoms with Crippen LogP contribution in [0.1, 0.15) is 48.6 Å². The second-order valence-electron chi connectivity index (χ2n) is 17.4. The zero-order valence-electron chi connectivity index (χ0n) is 34.5. The van der Waals surface area contributed by atoms with E-state index in [-0.39, 0.29) is 5.54 Å². The Morgan fingerprint density at radius 3 is 1.73 bits per heavy atom. The predicted molar refractivity (Wildman–Crippen MR) is 254 cm³/mol. The number of fused-ring (bicyclic) bond motifs is 7. The lowest BCUT2D eigenvalue weighted by Crippen LogP contribution is -2.28. The summed E-state index contributed by atoms with van der Waals surface area (Å²) in [5.74, 6) is 0. The molecule has 288 valence electrons. The van der Waals surface area contributed by atoms with E-state index in [4.69, 9.17) is 0 Å². The maximum Gasteiger partial charge on any atom is 0.0713 e. The number of aryl methyl sites for hydroxylation is 1. The first-order chi connectivity index (χ1) is 29.3. The van der Waals surface area contributed by atoms with Crippen molar-refractivity contribution >= 4 is 49.6 Å². The highest BCUT2D eigenvalue weighted by Gasteiger charge is 2.46. The summed E-state index contributed by atoms with van der Waals surface area (Å²) < 4.78 is 2.52. The summed E-state index contributed by atoms with van der Waals surface area (Å²) in [7, 11) is 0. The maximum absolute atomic E-state index is 2.52. The Hall–Kier alpha value is -7.16. The summed E-state index contributed by atoms with van der Waals surface area (Å²) in [6.45, 7) is 9.20. The summed E-state index contributed by atoms with van der Waals surface area (Å²) >= 11 is 0. The molecule has 0 spiro atoms. The zero-order valence-corrected chi connectivity index (χ0v) is 34.5. The summed E-state index contributed by atoms with van der Waals surface area (Å²) in [6.07, 6.45) is 0. The van der Waals surface area contributed by atoms with Crippen molar-refractivity contribution < 1.29 is 0 Å². The van der Waals surface area contributed by atoms with E-state index in [1.807, 2.05) is 0 Å². The van der Waals surface area contributed by atoms with Crippen molar-refractivity contribution in [1.82, 2.24) is 4.57 Å². The monoisotopic (exact) mass is 770 g/mol. The van der Waals surface area contributed by atoms with E-state index in [9.17, 15) is 0 Å². The lowest BCUT2D eigenvalue weighted by molar-refractivity contribution is 0.423. The van der Waals surface area contributed by atoms with E-state index in [0.717, 1.165) is 17.1 Å². The molecule has 11 rings (SSSR count). The van der Waals surface area contributed by atoms with Gasteiger partial charge < -0.3 is 9.47 Å². The summed E-state index contributed by atoms with van der Waals surface area (Å²) in [6, 6.07) is 76.6. The largest absolute Gasteiger partial charge is 0.335 e. The van der Waals surface area contributed by atoms with Gasteiger partial charge in [0.2, 0.25) is 0 Å². The van der Waals surface area contributed by atoms with E-state index in [0.29, 0.717) is 0 Å². The Labute approximate surface area is 352 Å². The fraction of sp³-hybridized carbons (Fsp3) is 0.103. The maximum atomic E-state index is 2.52. The molecular formula is C58H46N2. The van der Waals surface area contributed by atoms with Gasteiger partial charge in [-0.3, -0.25) is 0 Å². The van der Waals surface area contributed by atoms with Crippen LogP contribution in [0.2, 0.25) is 0 Å². The van der Waals surface area contributed by atoms with Crippen LogP contribution < -0.4 is 4.90 Å². The third-order valence-electron chi connectivity index (χ3n) is 12.8. The molecule has 60 heavy (non-hydrogen) atoms. The number of para-hydroxylation sites is 1. The van der Waals surface area contributed by atoms with Gasteiger partial charge in [-0.1, -0.05) is 164 Å². The van der Waals surface area contributed by atoms with E-state index in [1.54, 1.807) is 0 Å². The molecular weight excluding hydrogens is 725 g/mol. The number of anilines is 3. The zero-order chi connectivity index (χ0) is 40.6. The number of nitrogens with zero attached hydrogens (tertiary/aromatic N) is 2. The standard InChI is InChI=1S/C58H46N2/c1-39-19-18-29-53-56(39)51-36-44(32-34-52(51)58(53,42-23-10-6-11-24-42)43-25-12-7-13-26-43)59(46-35-41-22-14-15-27-47(41)50(37-46)40-20-8-5-9-21-40)45-31-33-49-48-28-16-17-30-54(48)60(55(49)38-45)57(2,3)4/h5-38H,1-4H3. The van der Waals surface area contributed by atoms with Gasteiger partial charge in [0, 0.05) is 38.9 Å². The van der Waals surface area contributed by atoms with E-state index in [2.05, 4.69) is 243 Å². The molecule has 10 aromatic rings. The molecule has 0 saturated carbocycles. The minimum atomic E-state index is -0.474. The molecule has 0 unspecified atom stereocenters. The minimum Gasteiger partial charge on any atom is -0.335 e. The number of hydrogen-bond donors (Lipinski definition) is 0. The van der Waals surface area contributed by atoms with Crippen LogP contribution in [0.5, 0.6) is 0 Å². The first kappa shape index (κ1) is 36.0. The van der Waals surface area contributed by atoms with Crippen molar-refractivity contribution in [1.29, 1.82) is 0 Å². The smallest absolute Gasteiger partial charge is 0.0713 e. The van der Waals surface area contributed by atoms with Gasteiger partial charge in [-0.05, 0) is 131 Å². The molecule has 2 heteroatoms. The number of rotatable bonds is 6. The molecule has 9 aromatic carbocycles. The Balaban J connectivity index is 1.22. The molecule has 0 saturated heterocycles. The predicted octanol–water partition coefficient (Wildman–Crippen LogP) is 15.5. The average molecular weight is 771 g/mol. The van der Waals surface area contributed by atoms with Crippen LogP contribution in [-0.4, -0.2) is 4.57 Å². The van der Waals surface area contributed by atoms with Gasteiger partial charge in [0.15, 0.2) is 0 Å². The normalized spacial score (nSPS) is 13.1. The number of benzene rings is 9. The van der Waals surface area contributed by atoms with Crippen molar-refractivity contribution in [3.05, 3.63) is 234 Å². The lowest BCUT2D eigenvalue weighted by atomic mass is 9.67. The summed E-state index contributed by atoms with van der Waals surface area (Å²) in [5, 5.41) is 4.99. The molecule has 0 atom stereocenters. The van der Waals surface area contributed by atoms with Crippen LogP contribution in [0.25, 0.3) is 54.8 Å². The summed E-state index contributed by atoms with van der Waals surface area (Å²) in [4.78, 5) is 2.49. The van der Waals surface area contributed by atoms with Crippen LogP contribution in [0, 0.1) is 6.92 Å². The number of aromatic nitrogens is 1. The molecule has 0 bridgehead atoms. The molecule has 1 aliphatic carbocycles. The molecule has 0 N–H and O–H groups in total. The van der Waals surface area contributed by atoms with Gasteiger partial charge in [-0.15, -0.1) is 0 Å². The van der Waals surface area contributed by atoms with Gasteiger partial charge >= 0.3 is 0 Å². The van der Waals surface area contributed by atoms with Crippen LogP contribution in [0.3, 0.4) is 0 Å². The molecule has 0 radical (unpaired) electrons. The Morgan fingerprint density at radius 1 is 0.433 bits per heavy atom. The first-order valence-electron chi connectivity index (χ1n) is 21.1. The Kier molecular flexibility index (Phi) is 8.22. The first-order valence-corrected chi connectivity index (χ1v) is 21.1. The van der Waals surface area contributed by atoms with Crippen LogP contribution >= 0.6 is 0 Å². The van der Waals surface area contributed by atoms with Crippen LogP contribution in [0.4, 0.5) is 17.1 Å². The van der Waals surface area contributed by atoms with Crippen molar-refractivity contribution in [3.63, 3.8) is 0 Å². The fourth-order valence-corrected chi connectivity index (χ4v) is 10.4. The van der Waals surface area contributed by atoms with Crippen molar-refractivity contribution in [2.24, 2.45) is 0 Å². The topological polar surface area (TPSA) is 8.17 Å². The highest BCUT2D eigenvalue weighted by atomic mass is 15.1. The van der Waals surface area contributed by atoms with E-state index < -0.39 is 5.41 Å². The SMILES string of the molecule is Cc1cccc2c1-c1cc(N(c3cc(-c4ccccc4)c4ccccc4c3)c3ccc4c5ccccc5n(C(C)(C)C)c4c3)ccc1C2(c1ccccc1)c1ccccc1. The Morgan fingerprint density at radius 2 is 1.02 bits per heavy atom. The van der Waals surface area contributed by atoms with Gasteiger partial charge in [0.05, 0.1) is 10.9 Å². The van der Waals surface area contributed by atoms with Gasteiger partial charge in [-0.2, -0.15) is 0 Å². The third-order valence-corrected chi connectivity index (χ3v) is 12.8. The van der Waals surface area contributed by atoms with Crippen LogP contribution in [0.15, 0.2) is 206 Å². The van der Waals surface area contributed by atoms with Crippen LogP contribution in [-0.2, 0) is 11.0 Å². The van der Waals surface area contributed by atoms with E-state index in [1.165, 1.54) is 82.6 Å². The molecule has 1 heterocycles. The van der Waals surface area contributed by atoms with Crippen molar-refractivity contribution in [3.8, 4) is 22.3 Å². The van der Waals surface area contributed by atoms with Gasteiger partial charge in [0.25, 0.3) is 0 Å². The molecule has 2 nitrogen and oxygen atoms in total. The lowest BCUT2D eigenvalue weighted by Gasteiger charge is -2.34. The third kappa shape index (κ3) is 5.41. The highest BCUT2D eigenvalue weighted by Crippen LogP contribution is 2.58. The molecule has 1 aromatic heterocycles. The van der Waals surface area contributed by atoms with Crippen molar-refractivity contribution in [2.45, 2.75) is 38.6 Å². The number of hydrogen-bond acceptors (Lipinski definition) is 1. The molecule has 0 fully saturated rings. The second kappa shape index (κ2) is 13.7. The molecule has 0 aliphatic heterocycles. The Bertz CT molecular complexity index is 3200. The van der Waals surface area contributed by atoms with Gasteiger partial charge in [-0.25, -0.2) is 0 Å². The molecule has 0 amide bonds. The quantitative estimate of drug-likeness (QED) is 0.163. The second-order valence-corrected chi connectivity index (χ2v) is 17.4. The summed E-state index contributed by atoms with van der Waals surface area (Å²) in [5.41, 5.74) is 16.7. The highest BCUT2D eigenvalue weighted by molar-refractivity contribution is 6.10. The van der Waals surface area contributed by atoms with Crippen molar-refractivity contribution in [2.75, 3.05) is 4.90 Å². The minimum absolute atomic E-state index is 0.138. The molecule has 1 aliphatic rings. The fourth-order valence-electron chi connectivity index (χ4n) is 10.4. The van der Waals surface area contributed by atoms with E-state index >= 15 is 0 Å². The van der Waals surface area contributed by atoms with Gasteiger partial charge in [0.1, 0.15) is 0 Å². The average Bonchev–Trinajstić information content (AvgIpc) is 3.78.